The second-order valence-electron chi connectivity index (χ2n) is 4.39. The summed E-state index contributed by atoms with van der Waals surface area (Å²) in [6, 6.07) is 3.87. The molecule has 1 saturated carbocycles. The minimum Gasteiger partial charge on any atom is -0.480 e. The summed E-state index contributed by atoms with van der Waals surface area (Å²) in [6.45, 7) is -0.685. The Kier molecular flexibility index (Phi) is 3.84. The smallest absolute Gasteiger partial charge is 0.322 e. The van der Waals surface area contributed by atoms with E-state index in [1.165, 1.54) is 0 Å². The molecule has 1 fully saturated rings. The van der Waals surface area contributed by atoms with E-state index in [0.717, 1.165) is 12.8 Å². The van der Waals surface area contributed by atoms with E-state index in [-0.39, 0.29) is 12.5 Å². The molecule has 7 nitrogen and oxygen atoms in total. The molecule has 1 aliphatic carbocycles. The molecular weight excluding hydrogens is 250 g/mol. The fourth-order valence-corrected chi connectivity index (χ4v) is 1.75. The van der Waals surface area contributed by atoms with Crippen LogP contribution in [0.5, 0.6) is 0 Å². The summed E-state index contributed by atoms with van der Waals surface area (Å²) >= 11 is 0. The molecule has 0 unspecified atom stereocenters. The maximum absolute atomic E-state index is 11.9. The molecule has 0 aliphatic heterocycles. The number of aliphatic carboxylic acids is 1. The van der Waals surface area contributed by atoms with Crippen LogP contribution < -0.4 is 10.6 Å². The summed E-state index contributed by atoms with van der Waals surface area (Å²) in [5.74, 6) is -1.98. The van der Waals surface area contributed by atoms with Gasteiger partial charge in [0.05, 0.1) is 6.54 Å². The lowest BCUT2D eigenvalue weighted by atomic mass is 10.4. The molecule has 2 rings (SSSR count). The Hall–Kier alpha value is -2.31. The molecule has 3 N–H and O–H groups in total. The Morgan fingerprint density at radius 2 is 2.00 bits per heavy atom. The standard InChI is InChI=1S/C12H15N3O4/c16-10(13-7-11(17)18)6-14-12(19)9-2-1-5-15(9)8-3-4-8/h1-2,5,8H,3-4,6-7H2,(H,13,16)(H,14,19)(H,17,18). The van der Waals surface area contributed by atoms with Gasteiger partial charge in [-0.15, -0.1) is 0 Å². The van der Waals surface area contributed by atoms with Crippen molar-refractivity contribution < 1.29 is 19.5 Å². The van der Waals surface area contributed by atoms with Crippen molar-refractivity contribution in [3.63, 3.8) is 0 Å². The van der Waals surface area contributed by atoms with Gasteiger partial charge in [0.1, 0.15) is 12.2 Å². The zero-order valence-electron chi connectivity index (χ0n) is 10.3. The molecule has 0 atom stereocenters. The molecule has 0 spiro atoms. The molecule has 102 valence electrons. The average Bonchev–Trinajstić information content (AvgIpc) is 3.11. The SMILES string of the molecule is O=C(O)CNC(=O)CNC(=O)c1cccn1C1CC1. The van der Waals surface area contributed by atoms with Crippen molar-refractivity contribution in [1.82, 2.24) is 15.2 Å². The van der Waals surface area contributed by atoms with E-state index in [0.29, 0.717) is 11.7 Å². The fourth-order valence-electron chi connectivity index (χ4n) is 1.75. The van der Waals surface area contributed by atoms with Crippen molar-refractivity contribution >= 4 is 17.8 Å². The molecule has 7 heteroatoms. The zero-order chi connectivity index (χ0) is 13.8. The number of carbonyl (C=O) groups is 3. The van der Waals surface area contributed by atoms with Crippen molar-refractivity contribution in [2.45, 2.75) is 18.9 Å². The highest BCUT2D eigenvalue weighted by Crippen LogP contribution is 2.35. The van der Waals surface area contributed by atoms with Crippen molar-refractivity contribution in [3.8, 4) is 0 Å². The van der Waals surface area contributed by atoms with Crippen molar-refractivity contribution in [2.24, 2.45) is 0 Å². The molecule has 0 radical (unpaired) electrons. The van der Waals surface area contributed by atoms with Gasteiger partial charge in [0.25, 0.3) is 5.91 Å². The number of nitrogens with one attached hydrogen (secondary N) is 2. The summed E-state index contributed by atoms with van der Waals surface area (Å²) in [5.41, 5.74) is 0.522. The predicted octanol–water partition coefficient (Wildman–Crippen LogP) is -0.246. The third kappa shape index (κ3) is 3.57. The lowest BCUT2D eigenvalue weighted by molar-refractivity contribution is -0.137. The maximum Gasteiger partial charge on any atom is 0.322 e. The second-order valence-corrected chi connectivity index (χ2v) is 4.39. The second kappa shape index (κ2) is 5.55. The van der Waals surface area contributed by atoms with Crippen LogP contribution in [0.3, 0.4) is 0 Å². The number of carbonyl (C=O) groups excluding carboxylic acids is 2. The van der Waals surface area contributed by atoms with Gasteiger partial charge in [0.15, 0.2) is 0 Å². The van der Waals surface area contributed by atoms with Crippen LogP contribution in [0, 0.1) is 0 Å². The van der Waals surface area contributed by atoms with Gasteiger partial charge in [0, 0.05) is 12.2 Å². The van der Waals surface area contributed by atoms with E-state index in [1.807, 2.05) is 10.8 Å². The lowest BCUT2D eigenvalue weighted by Crippen LogP contribution is -2.39. The van der Waals surface area contributed by atoms with E-state index in [9.17, 15) is 14.4 Å². The van der Waals surface area contributed by atoms with Gasteiger partial charge in [-0.3, -0.25) is 14.4 Å². The van der Waals surface area contributed by atoms with Gasteiger partial charge in [-0.1, -0.05) is 0 Å². The number of carboxylic acid groups (broad SMARTS) is 1. The minimum atomic E-state index is -1.12. The molecule has 2 amide bonds. The minimum absolute atomic E-state index is 0.234. The van der Waals surface area contributed by atoms with Crippen LogP contribution in [0.2, 0.25) is 0 Å². The van der Waals surface area contributed by atoms with Gasteiger partial charge >= 0.3 is 5.97 Å². The van der Waals surface area contributed by atoms with E-state index in [2.05, 4.69) is 10.6 Å². The first-order valence-corrected chi connectivity index (χ1v) is 6.01. The third-order valence-corrected chi connectivity index (χ3v) is 2.80. The van der Waals surface area contributed by atoms with Crippen LogP contribution in [0.25, 0.3) is 0 Å². The van der Waals surface area contributed by atoms with E-state index >= 15 is 0 Å². The fraction of sp³-hybridized carbons (Fsp3) is 0.417. The van der Waals surface area contributed by atoms with Crippen LogP contribution in [-0.4, -0.2) is 40.5 Å². The quantitative estimate of drug-likeness (QED) is 0.660. The third-order valence-electron chi connectivity index (χ3n) is 2.80. The summed E-state index contributed by atoms with van der Waals surface area (Å²) in [4.78, 5) is 33.4. The Balaban J connectivity index is 1.82. The van der Waals surface area contributed by atoms with Crippen LogP contribution in [0.1, 0.15) is 29.4 Å². The molecular formula is C12H15N3O4. The summed E-state index contributed by atoms with van der Waals surface area (Å²) in [7, 11) is 0. The van der Waals surface area contributed by atoms with Gasteiger partial charge in [-0.05, 0) is 25.0 Å². The monoisotopic (exact) mass is 265 g/mol. The van der Waals surface area contributed by atoms with Crippen LogP contribution >= 0.6 is 0 Å². The van der Waals surface area contributed by atoms with Crippen molar-refractivity contribution in [3.05, 3.63) is 24.0 Å². The Morgan fingerprint density at radius 1 is 1.26 bits per heavy atom. The molecule has 1 aromatic rings. The number of hydrogen-bond donors (Lipinski definition) is 3. The lowest BCUT2D eigenvalue weighted by Gasteiger charge is -2.08. The summed E-state index contributed by atoms with van der Waals surface area (Å²) in [6.07, 6.45) is 3.97. The van der Waals surface area contributed by atoms with Gasteiger partial charge in [0.2, 0.25) is 5.91 Å². The highest BCUT2D eigenvalue weighted by atomic mass is 16.4. The molecule has 1 aliphatic rings. The molecule has 0 saturated heterocycles. The average molecular weight is 265 g/mol. The van der Waals surface area contributed by atoms with Gasteiger partial charge in [-0.2, -0.15) is 0 Å². The number of aromatic nitrogens is 1. The van der Waals surface area contributed by atoms with E-state index in [4.69, 9.17) is 5.11 Å². The van der Waals surface area contributed by atoms with E-state index < -0.39 is 18.4 Å². The Labute approximate surface area is 109 Å². The summed E-state index contributed by atoms with van der Waals surface area (Å²) < 4.78 is 1.89. The number of nitrogens with zero attached hydrogens (tertiary/aromatic N) is 1. The predicted molar refractivity (Wildman–Crippen MR) is 65.7 cm³/mol. The number of rotatable bonds is 6. The molecule has 0 aromatic carbocycles. The largest absolute Gasteiger partial charge is 0.480 e. The van der Waals surface area contributed by atoms with Gasteiger partial charge < -0.3 is 20.3 Å². The van der Waals surface area contributed by atoms with Crippen LogP contribution in [0.15, 0.2) is 18.3 Å². The zero-order valence-corrected chi connectivity index (χ0v) is 10.3. The number of amides is 2. The first-order chi connectivity index (χ1) is 9.08. The summed E-state index contributed by atoms with van der Waals surface area (Å²) in [5, 5.41) is 13.0. The van der Waals surface area contributed by atoms with Crippen molar-refractivity contribution in [1.29, 1.82) is 0 Å². The normalized spacial score (nSPS) is 13.9. The molecule has 1 heterocycles. The highest BCUT2D eigenvalue weighted by Gasteiger charge is 2.26. The topological polar surface area (TPSA) is 100 Å². The van der Waals surface area contributed by atoms with Crippen LogP contribution in [0.4, 0.5) is 0 Å². The first-order valence-electron chi connectivity index (χ1n) is 6.01. The molecule has 1 aromatic heterocycles. The first kappa shape index (κ1) is 13.1. The molecule has 0 bridgehead atoms. The Morgan fingerprint density at radius 3 is 2.63 bits per heavy atom. The maximum atomic E-state index is 11.9. The number of carboxylic acids is 1. The van der Waals surface area contributed by atoms with E-state index in [1.54, 1.807) is 12.1 Å². The van der Waals surface area contributed by atoms with Crippen molar-refractivity contribution in [2.75, 3.05) is 13.1 Å². The highest BCUT2D eigenvalue weighted by molar-refractivity contribution is 5.95. The number of hydrogen-bond acceptors (Lipinski definition) is 3. The molecule has 19 heavy (non-hydrogen) atoms. The Bertz CT molecular complexity index is 505. The van der Waals surface area contributed by atoms with Gasteiger partial charge in [-0.25, -0.2) is 0 Å². The van der Waals surface area contributed by atoms with Crippen LogP contribution in [-0.2, 0) is 9.59 Å².